The van der Waals surface area contributed by atoms with E-state index < -0.39 is 5.54 Å². The first-order valence-electron chi connectivity index (χ1n) is 6.49. The van der Waals surface area contributed by atoms with Gasteiger partial charge in [-0.3, -0.25) is 4.79 Å². The van der Waals surface area contributed by atoms with Gasteiger partial charge in [-0.25, -0.2) is 0 Å². The summed E-state index contributed by atoms with van der Waals surface area (Å²) < 4.78 is 0. The molecule has 3 heteroatoms. The smallest absolute Gasteiger partial charge is 0.244 e. The van der Waals surface area contributed by atoms with Gasteiger partial charge in [-0.2, -0.15) is 0 Å². The van der Waals surface area contributed by atoms with Gasteiger partial charge in [0.1, 0.15) is 0 Å². The molecule has 0 radical (unpaired) electrons. The number of benzene rings is 1. The van der Waals surface area contributed by atoms with Gasteiger partial charge in [0.25, 0.3) is 0 Å². The van der Waals surface area contributed by atoms with Crippen molar-refractivity contribution in [3.63, 3.8) is 0 Å². The van der Waals surface area contributed by atoms with Gasteiger partial charge in [-0.05, 0) is 37.3 Å². The third-order valence-corrected chi connectivity index (χ3v) is 3.42. The van der Waals surface area contributed by atoms with Crippen molar-refractivity contribution in [2.24, 2.45) is 5.73 Å². The van der Waals surface area contributed by atoms with Crippen molar-refractivity contribution in [1.29, 1.82) is 0 Å². The largest absolute Gasteiger partial charge is 0.324 e. The Hall–Kier alpha value is -1.35. The fourth-order valence-corrected chi connectivity index (χ4v) is 1.76. The van der Waals surface area contributed by atoms with Crippen LogP contribution < -0.4 is 11.1 Å². The SMILES string of the molecule is CCC(C)(N)C(=O)Nc1c(C)cccc1C(C)C. The summed E-state index contributed by atoms with van der Waals surface area (Å²) in [5.74, 6) is 0.243. The molecule has 0 saturated heterocycles. The molecule has 100 valence electrons. The Bertz CT molecular complexity index is 436. The molecule has 0 bridgehead atoms. The van der Waals surface area contributed by atoms with Crippen molar-refractivity contribution < 1.29 is 4.79 Å². The van der Waals surface area contributed by atoms with Gasteiger partial charge in [0.15, 0.2) is 0 Å². The molecule has 1 unspecified atom stereocenters. The van der Waals surface area contributed by atoms with Crippen molar-refractivity contribution >= 4 is 11.6 Å². The summed E-state index contributed by atoms with van der Waals surface area (Å²) in [5, 5.41) is 2.99. The first-order chi connectivity index (χ1) is 8.29. The normalized spacial score (nSPS) is 14.4. The summed E-state index contributed by atoms with van der Waals surface area (Å²) in [4.78, 5) is 12.2. The molecule has 1 rings (SSSR count). The molecule has 0 fully saturated rings. The molecular formula is C15H24N2O. The van der Waals surface area contributed by atoms with E-state index in [1.807, 2.05) is 32.0 Å². The van der Waals surface area contributed by atoms with Gasteiger partial charge in [0.2, 0.25) is 5.91 Å². The quantitative estimate of drug-likeness (QED) is 0.859. The van der Waals surface area contributed by atoms with Crippen LogP contribution in [0.5, 0.6) is 0 Å². The highest BCUT2D eigenvalue weighted by Gasteiger charge is 2.27. The van der Waals surface area contributed by atoms with Crippen LogP contribution in [0.25, 0.3) is 0 Å². The van der Waals surface area contributed by atoms with Crippen molar-refractivity contribution in [3.8, 4) is 0 Å². The number of hydrogen-bond acceptors (Lipinski definition) is 2. The molecule has 0 aromatic heterocycles. The number of rotatable bonds is 4. The molecule has 3 nitrogen and oxygen atoms in total. The van der Waals surface area contributed by atoms with Crippen LogP contribution in [0.3, 0.4) is 0 Å². The van der Waals surface area contributed by atoms with Crippen LogP contribution in [-0.2, 0) is 4.79 Å². The fraction of sp³-hybridized carbons (Fsp3) is 0.533. The number of carbonyl (C=O) groups is 1. The van der Waals surface area contributed by atoms with Gasteiger partial charge in [-0.1, -0.05) is 39.0 Å². The van der Waals surface area contributed by atoms with E-state index in [-0.39, 0.29) is 5.91 Å². The number of hydrogen-bond donors (Lipinski definition) is 2. The minimum atomic E-state index is -0.823. The Kier molecular flexibility index (Phi) is 4.52. The maximum Gasteiger partial charge on any atom is 0.244 e. The van der Waals surface area contributed by atoms with Crippen LogP contribution in [0.1, 0.15) is 51.2 Å². The first kappa shape index (κ1) is 14.7. The molecule has 0 saturated carbocycles. The molecule has 0 aliphatic heterocycles. The average Bonchev–Trinajstić information content (AvgIpc) is 2.31. The lowest BCUT2D eigenvalue weighted by Crippen LogP contribution is -2.48. The third-order valence-electron chi connectivity index (χ3n) is 3.42. The van der Waals surface area contributed by atoms with E-state index in [1.54, 1.807) is 6.92 Å². The topological polar surface area (TPSA) is 55.1 Å². The lowest BCUT2D eigenvalue weighted by Gasteiger charge is -2.24. The summed E-state index contributed by atoms with van der Waals surface area (Å²) in [7, 11) is 0. The van der Waals surface area contributed by atoms with Gasteiger partial charge in [0.05, 0.1) is 5.54 Å². The summed E-state index contributed by atoms with van der Waals surface area (Å²) in [5.41, 5.74) is 8.27. The van der Waals surface area contributed by atoms with Crippen LogP contribution >= 0.6 is 0 Å². The fourth-order valence-electron chi connectivity index (χ4n) is 1.76. The maximum atomic E-state index is 12.2. The zero-order valence-corrected chi connectivity index (χ0v) is 12.0. The summed E-state index contributed by atoms with van der Waals surface area (Å²) >= 11 is 0. The molecule has 0 aliphatic rings. The minimum Gasteiger partial charge on any atom is -0.324 e. The third kappa shape index (κ3) is 3.10. The van der Waals surface area contributed by atoms with E-state index in [4.69, 9.17) is 5.73 Å². The Labute approximate surface area is 110 Å². The van der Waals surface area contributed by atoms with E-state index in [1.165, 1.54) is 0 Å². The molecule has 0 spiro atoms. The van der Waals surface area contributed by atoms with Gasteiger partial charge in [0, 0.05) is 5.69 Å². The van der Waals surface area contributed by atoms with Crippen molar-refractivity contribution in [2.75, 3.05) is 5.32 Å². The van der Waals surface area contributed by atoms with Crippen molar-refractivity contribution in [3.05, 3.63) is 29.3 Å². The molecule has 18 heavy (non-hydrogen) atoms. The zero-order chi connectivity index (χ0) is 13.9. The number of anilines is 1. The molecule has 1 amide bonds. The molecule has 1 aromatic carbocycles. The van der Waals surface area contributed by atoms with Crippen LogP contribution in [0.4, 0.5) is 5.69 Å². The number of aryl methyl sites for hydroxylation is 1. The second-order valence-electron chi connectivity index (χ2n) is 5.42. The van der Waals surface area contributed by atoms with Gasteiger partial charge >= 0.3 is 0 Å². The van der Waals surface area contributed by atoms with Gasteiger partial charge in [-0.15, -0.1) is 0 Å². The Morgan fingerprint density at radius 2 is 2.06 bits per heavy atom. The number of amides is 1. The first-order valence-corrected chi connectivity index (χ1v) is 6.49. The van der Waals surface area contributed by atoms with E-state index in [0.717, 1.165) is 16.8 Å². The number of para-hydroxylation sites is 1. The number of nitrogens with one attached hydrogen (secondary N) is 1. The molecular weight excluding hydrogens is 224 g/mol. The van der Waals surface area contributed by atoms with Crippen molar-refractivity contribution in [2.45, 2.75) is 52.5 Å². The highest BCUT2D eigenvalue weighted by molar-refractivity contribution is 5.98. The van der Waals surface area contributed by atoms with Crippen LogP contribution in [-0.4, -0.2) is 11.4 Å². The number of nitrogens with two attached hydrogens (primary N) is 1. The second-order valence-corrected chi connectivity index (χ2v) is 5.42. The summed E-state index contributed by atoms with van der Waals surface area (Å²) in [6.45, 7) is 9.91. The maximum absolute atomic E-state index is 12.2. The molecule has 0 aliphatic carbocycles. The van der Waals surface area contributed by atoms with Crippen molar-refractivity contribution in [1.82, 2.24) is 0 Å². The molecule has 0 heterocycles. The highest BCUT2D eigenvalue weighted by atomic mass is 16.2. The second kappa shape index (κ2) is 5.53. The summed E-state index contributed by atoms with van der Waals surface area (Å²) in [6, 6.07) is 6.07. The predicted molar refractivity (Wildman–Crippen MR) is 76.8 cm³/mol. The lowest BCUT2D eigenvalue weighted by atomic mass is 9.95. The zero-order valence-electron chi connectivity index (χ0n) is 12.0. The minimum absolute atomic E-state index is 0.124. The monoisotopic (exact) mass is 248 g/mol. The Balaban J connectivity index is 3.08. The van der Waals surface area contributed by atoms with Crippen LogP contribution in [0.2, 0.25) is 0 Å². The van der Waals surface area contributed by atoms with E-state index in [2.05, 4.69) is 19.2 Å². The number of carbonyl (C=O) groups excluding carboxylic acids is 1. The predicted octanol–water partition coefficient (Wildman–Crippen LogP) is 3.18. The average molecular weight is 248 g/mol. The van der Waals surface area contributed by atoms with E-state index in [0.29, 0.717) is 12.3 Å². The molecule has 3 N–H and O–H groups in total. The lowest BCUT2D eigenvalue weighted by molar-refractivity contribution is -0.120. The highest BCUT2D eigenvalue weighted by Crippen LogP contribution is 2.28. The Morgan fingerprint density at radius 3 is 2.56 bits per heavy atom. The standard InChI is InChI=1S/C15H24N2O/c1-6-15(5,16)14(18)17-13-11(4)8-7-9-12(13)10(2)3/h7-10H,6,16H2,1-5H3,(H,17,18). The van der Waals surface area contributed by atoms with Crippen LogP contribution in [0, 0.1) is 6.92 Å². The molecule has 1 aromatic rings. The van der Waals surface area contributed by atoms with E-state index >= 15 is 0 Å². The summed E-state index contributed by atoms with van der Waals surface area (Å²) in [6.07, 6.45) is 0.613. The van der Waals surface area contributed by atoms with Gasteiger partial charge < -0.3 is 11.1 Å². The Morgan fingerprint density at radius 1 is 1.44 bits per heavy atom. The molecule has 1 atom stereocenters. The van der Waals surface area contributed by atoms with E-state index in [9.17, 15) is 4.79 Å². The van der Waals surface area contributed by atoms with Crippen LogP contribution in [0.15, 0.2) is 18.2 Å².